The Morgan fingerprint density at radius 1 is 1.17 bits per heavy atom. The van der Waals surface area contributed by atoms with Crippen LogP contribution in [0.1, 0.15) is 30.5 Å². The number of aryl methyl sites for hydroxylation is 1. The van der Waals surface area contributed by atoms with Gasteiger partial charge in [-0.15, -0.1) is 0 Å². The lowest BCUT2D eigenvalue weighted by atomic mass is 9.93. The van der Waals surface area contributed by atoms with Gasteiger partial charge in [-0.1, -0.05) is 12.1 Å². The van der Waals surface area contributed by atoms with E-state index in [0.29, 0.717) is 0 Å². The maximum absolute atomic E-state index is 6.23. The zero-order chi connectivity index (χ0) is 20.7. The van der Waals surface area contributed by atoms with E-state index in [1.165, 1.54) is 10.9 Å². The molecule has 4 aromatic rings. The standard InChI is InChI=1S/C24H26N6/c1-15(25)24-20-5-3-16(18-13-28-30(2)14-18)12-21(20)23(8-10-27-24)29-19-4-6-22-17(11-19)7-9-26-22/h3-7,9,11-14,23,26-27,29H,8,10,25H2,1-2H3/b24-15-. The second kappa shape index (κ2) is 7.30. The van der Waals surface area contributed by atoms with Gasteiger partial charge in [0.1, 0.15) is 0 Å². The summed E-state index contributed by atoms with van der Waals surface area (Å²) in [6, 6.07) is 15.3. The molecule has 30 heavy (non-hydrogen) atoms. The van der Waals surface area contributed by atoms with Crippen LogP contribution in [0.15, 0.2) is 66.8 Å². The van der Waals surface area contributed by atoms with Crippen molar-refractivity contribution in [1.82, 2.24) is 20.1 Å². The SMILES string of the molecule is C/C(N)=C1/NCCC(Nc2ccc3[nH]ccc3c2)c2cc(-c3cnn(C)c3)ccc21. The molecule has 152 valence electrons. The van der Waals surface area contributed by atoms with Crippen molar-refractivity contribution in [3.05, 3.63) is 77.9 Å². The fourth-order valence-corrected chi connectivity index (χ4v) is 4.27. The summed E-state index contributed by atoms with van der Waals surface area (Å²) in [6.45, 7) is 2.81. The van der Waals surface area contributed by atoms with Gasteiger partial charge in [-0.3, -0.25) is 4.68 Å². The third-order valence-electron chi connectivity index (χ3n) is 5.76. The van der Waals surface area contributed by atoms with E-state index >= 15 is 0 Å². The molecule has 0 saturated carbocycles. The highest BCUT2D eigenvalue weighted by Gasteiger charge is 2.23. The molecule has 5 rings (SSSR count). The molecule has 0 aliphatic carbocycles. The van der Waals surface area contributed by atoms with Crippen LogP contribution in [0.2, 0.25) is 0 Å². The van der Waals surface area contributed by atoms with Gasteiger partial charge in [0, 0.05) is 59.4 Å². The van der Waals surface area contributed by atoms with Crippen LogP contribution in [0.3, 0.4) is 0 Å². The molecular formula is C24H26N6. The van der Waals surface area contributed by atoms with Crippen LogP contribution >= 0.6 is 0 Å². The Bertz CT molecular complexity index is 1240. The van der Waals surface area contributed by atoms with Crippen molar-refractivity contribution in [1.29, 1.82) is 0 Å². The van der Waals surface area contributed by atoms with Crippen LogP contribution in [0.4, 0.5) is 5.69 Å². The van der Waals surface area contributed by atoms with Gasteiger partial charge in [0.25, 0.3) is 0 Å². The van der Waals surface area contributed by atoms with Crippen molar-refractivity contribution in [2.75, 3.05) is 11.9 Å². The smallest absolute Gasteiger partial charge is 0.0605 e. The third kappa shape index (κ3) is 3.30. The van der Waals surface area contributed by atoms with Crippen LogP contribution in [-0.4, -0.2) is 21.3 Å². The number of rotatable bonds is 3. The van der Waals surface area contributed by atoms with Gasteiger partial charge in [-0.25, -0.2) is 0 Å². The second-order valence-corrected chi connectivity index (χ2v) is 7.95. The number of nitrogens with zero attached hydrogens (tertiary/aromatic N) is 2. The minimum Gasteiger partial charge on any atom is -0.401 e. The number of aromatic nitrogens is 3. The Balaban J connectivity index is 1.59. The largest absolute Gasteiger partial charge is 0.401 e. The Labute approximate surface area is 175 Å². The van der Waals surface area contributed by atoms with E-state index in [0.717, 1.165) is 52.3 Å². The van der Waals surface area contributed by atoms with Crippen molar-refractivity contribution in [2.45, 2.75) is 19.4 Å². The lowest BCUT2D eigenvalue weighted by Crippen LogP contribution is -2.16. The number of nitrogens with two attached hydrogens (primary N) is 1. The van der Waals surface area contributed by atoms with Crippen molar-refractivity contribution in [3.8, 4) is 11.1 Å². The number of fused-ring (bicyclic) bond motifs is 2. The molecular weight excluding hydrogens is 372 g/mol. The molecule has 3 heterocycles. The van der Waals surface area contributed by atoms with E-state index in [2.05, 4.69) is 63.2 Å². The van der Waals surface area contributed by atoms with Crippen molar-refractivity contribution >= 4 is 22.3 Å². The number of nitrogens with one attached hydrogen (secondary N) is 3. The highest BCUT2D eigenvalue weighted by molar-refractivity contribution is 5.83. The Kier molecular flexibility index (Phi) is 4.47. The summed E-state index contributed by atoms with van der Waals surface area (Å²) in [5.74, 6) is 0. The lowest BCUT2D eigenvalue weighted by molar-refractivity contribution is 0.683. The molecule has 5 N–H and O–H groups in total. The lowest BCUT2D eigenvalue weighted by Gasteiger charge is -2.21. The predicted molar refractivity (Wildman–Crippen MR) is 123 cm³/mol. The van der Waals surface area contributed by atoms with Crippen molar-refractivity contribution in [2.24, 2.45) is 12.8 Å². The van der Waals surface area contributed by atoms with E-state index in [4.69, 9.17) is 5.73 Å². The zero-order valence-electron chi connectivity index (χ0n) is 17.2. The maximum atomic E-state index is 6.23. The highest BCUT2D eigenvalue weighted by Crippen LogP contribution is 2.35. The van der Waals surface area contributed by atoms with Gasteiger partial charge in [-0.2, -0.15) is 5.10 Å². The fourth-order valence-electron chi connectivity index (χ4n) is 4.27. The number of benzene rings is 2. The summed E-state index contributed by atoms with van der Waals surface area (Å²) in [6.07, 6.45) is 6.87. The second-order valence-electron chi connectivity index (χ2n) is 7.95. The van der Waals surface area contributed by atoms with E-state index in [1.807, 2.05) is 37.2 Å². The first-order valence-corrected chi connectivity index (χ1v) is 10.3. The molecule has 0 fully saturated rings. The van der Waals surface area contributed by atoms with Gasteiger partial charge in [0.15, 0.2) is 0 Å². The monoisotopic (exact) mass is 398 g/mol. The van der Waals surface area contributed by atoms with Crippen molar-refractivity contribution in [3.63, 3.8) is 0 Å². The van der Waals surface area contributed by atoms with E-state index in [1.54, 1.807) is 0 Å². The Morgan fingerprint density at radius 2 is 2.07 bits per heavy atom. The van der Waals surface area contributed by atoms with E-state index in [9.17, 15) is 0 Å². The molecule has 1 aliphatic heterocycles. The molecule has 6 heteroatoms. The van der Waals surface area contributed by atoms with Gasteiger partial charge < -0.3 is 21.4 Å². The molecule has 0 radical (unpaired) electrons. The number of hydrogen-bond donors (Lipinski definition) is 4. The number of hydrogen-bond acceptors (Lipinski definition) is 4. The van der Waals surface area contributed by atoms with Crippen LogP contribution in [0.5, 0.6) is 0 Å². The summed E-state index contributed by atoms with van der Waals surface area (Å²) in [4.78, 5) is 3.26. The summed E-state index contributed by atoms with van der Waals surface area (Å²) in [5, 5.41) is 12.8. The molecule has 0 amide bonds. The molecule has 2 aromatic carbocycles. The van der Waals surface area contributed by atoms with Gasteiger partial charge in [-0.05, 0) is 54.8 Å². The summed E-state index contributed by atoms with van der Waals surface area (Å²) in [5.41, 5.74) is 15.0. The molecule has 0 spiro atoms. The topological polar surface area (TPSA) is 83.7 Å². The minimum absolute atomic E-state index is 0.164. The quantitative estimate of drug-likeness (QED) is 0.413. The van der Waals surface area contributed by atoms with Gasteiger partial charge >= 0.3 is 0 Å². The van der Waals surface area contributed by atoms with Crippen LogP contribution in [-0.2, 0) is 7.05 Å². The van der Waals surface area contributed by atoms with Gasteiger partial charge in [0.05, 0.1) is 17.9 Å². The number of anilines is 1. The molecule has 1 aliphatic rings. The minimum atomic E-state index is 0.164. The molecule has 0 saturated heterocycles. The van der Waals surface area contributed by atoms with Crippen LogP contribution in [0.25, 0.3) is 27.7 Å². The molecule has 1 atom stereocenters. The maximum Gasteiger partial charge on any atom is 0.0605 e. The summed E-state index contributed by atoms with van der Waals surface area (Å²) in [7, 11) is 1.94. The molecule has 1 unspecified atom stereocenters. The van der Waals surface area contributed by atoms with Crippen LogP contribution in [0, 0.1) is 0 Å². The molecule has 0 bridgehead atoms. The average molecular weight is 399 g/mol. The number of aromatic amines is 1. The summed E-state index contributed by atoms with van der Waals surface area (Å²) >= 11 is 0. The number of allylic oxidation sites excluding steroid dienone is 1. The normalized spacial score (nSPS) is 17.9. The van der Waals surface area contributed by atoms with Gasteiger partial charge in [0.2, 0.25) is 0 Å². The van der Waals surface area contributed by atoms with Crippen molar-refractivity contribution < 1.29 is 0 Å². The zero-order valence-corrected chi connectivity index (χ0v) is 17.2. The molecule has 6 nitrogen and oxygen atoms in total. The highest BCUT2D eigenvalue weighted by atomic mass is 15.2. The first-order chi connectivity index (χ1) is 14.6. The first kappa shape index (κ1) is 18.4. The number of H-pyrrole nitrogens is 1. The Hall–Kier alpha value is -3.67. The van der Waals surface area contributed by atoms with E-state index in [-0.39, 0.29) is 6.04 Å². The van der Waals surface area contributed by atoms with Crippen LogP contribution < -0.4 is 16.4 Å². The average Bonchev–Trinajstić information content (AvgIpc) is 3.34. The predicted octanol–water partition coefficient (Wildman–Crippen LogP) is 4.36. The molecule has 2 aromatic heterocycles. The first-order valence-electron chi connectivity index (χ1n) is 10.3. The third-order valence-corrected chi connectivity index (χ3v) is 5.76. The van der Waals surface area contributed by atoms with E-state index < -0.39 is 0 Å². The summed E-state index contributed by atoms with van der Waals surface area (Å²) < 4.78 is 1.83. The Morgan fingerprint density at radius 3 is 2.87 bits per heavy atom. The fraction of sp³-hybridized carbons (Fsp3) is 0.208.